The summed E-state index contributed by atoms with van der Waals surface area (Å²) in [5.74, 6) is -3.34. The molecule has 0 bridgehead atoms. The monoisotopic (exact) mass is 291 g/mol. The Kier molecular flexibility index (Phi) is 7.91. The van der Waals surface area contributed by atoms with Crippen molar-refractivity contribution < 1.29 is 49.5 Å². The molecule has 9 N–H and O–H groups in total. The Balaban J connectivity index is 0. The average molecular weight is 291 g/mol. The Morgan fingerprint density at radius 2 is 1.61 bits per heavy atom. The molecule has 0 radical (unpaired) electrons. The third-order valence-electron chi connectivity index (χ3n) is 1.56. The topological polar surface area (TPSA) is 219 Å². The van der Waals surface area contributed by atoms with E-state index in [1.54, 1.807) is 0 Å². The Bertz CT molecular complexity index is 339. The number of carboxylic acid groups (broad SMARTS) is 2. The highest BCUT2D eigenvalue weighted by molar-refractivity contribution is 7.54. The first-order valence-corrected chi connectivity index (χ1v) is 5.76. The molecule has 0 saturated heterocycles. The highest BCUT2D eigenvalue weighted by atomic mass is 31.2. The minimum Gasteiger partial charge on any atom is -0.480 e. The molecule has 0 fully saturated rings. The van der Waals surface area contributed by atoms with Gasteiger partial charge in [-0.1, -0.05) is 0 Å². The number of hydrogen-bond donors (Lipinski definition) is 8. The number of aliphatic hydroxyl groups excluding tert-OH is 2. The van der Waals surface area contributed by atoms with Crippen molar-refractivity contribution in [1.29, 1.82) is 0 Å². The molecular weight excluding hydrogens is 277 g/mol. The Labute approximate surface area is 100 Å². The molecule has 0 aliphatic rings. The van der Waals surface area contributed by atoms with Crippen molar-refractivity contribution in [3.05, 3.63) is 0 Å². The van der Waals surface area contributed by atoms with E-state index in [9.17, 15) is 14.2 Å². The zero-order valence-corrected chi connectivity index (χ0v) is 9.77. The van der Waals surface area contributed by atoms with Crippen LogP contribution in [0.2, 0.25) is 0 Å². The number of aliphatic carboxylic acids is 2. The van der Waals surface area contributed by atoms with E-state index in [1.807, 2.05) is 0 Å². The van der Waals surface area contributed by atoms with Gasteiger partial charge in [0.1, 0.15) is 6.04 Å². The van der Waals surface area contributed by atoms with Crippen molar-refractivity contribution in [3.63, 3.8) is 0 Å². The molecule has 0 saturated carbocycles. The number of carboxylic acids is 2. The standard InChI is InChI=1S/C3H7NO3.C3H7O7P/c4-2(1-5)3(6)7;4-1-3(7,2(5)6)11(8,9)10/h2,5H,1,4H2,(H,6,7);4,7H,1H2,(H,5,6)(H2,8,9,10). The summed E-state index contributed by atoms with van der Waals surface area (Å²) in [6.45, 7) is -2.04. The van der Waals surface area contributed by atoms with Gasteiger partial charge in [-0.15, -0.1) is 0 Å². The molecule has 0 aromatic heterocycles. The van der Waals surface area contributed by atoms with Crippen LogP contribution in [-0.2, 0) is 14.2 Å². The van der Waals surface area contributed by atoms with E-state index in [0.717, 1.165) is 0 Å². The third kappa shape index (κ3) is 5.51. The van der Waals surface area contributed by atoms with Crippen LogP contribution in [0.25, 0.3) is 0 Å². The average Bonchev–Trinajstić information content (AvgIpc) is 2.25. The van der Waals surface area contributed by atoms with Gasteiger partial charge in [0.2, 0.25) is 0 Å². The minimum absolute atomic E-state index is 0.505. The summed E-state index contributed by atoms with van der Waals surface area (Å²) in [5, 5.41) is 37.4. The molecule has 0 aromatic carbocycles. The number of nitrogens with two attached hydrogens (primary N) is 1. The lowest BCUT2D eigenvalue weighted by molar-refractivity contribution is -0.154. The molecule has 0 heterocycles. The van der Waals surface area contributed by atoms with Crippen LogP contribution >= 0.6 is 7.60 Å². The number of carbonyl (C=O) groups is 2. The van der Waals surface area contributed by atoms with Crippen molar-refractivity contribution in [2.24, 2.45) is 5.73 Å². The first kappa shape index (κ1) is 19.3. The molecule has 0 rings (SSSR count). The lowest BCUT2D eigenvalue weighted by Gasteiger charge is -2.20. The first-order chi connectivity index (χ1) is 7.93. The molecule has 0 spiro atoms. The van der Waals surface area contributed by atoms with Gasteiger partial charge in [0.15, 0.2) is 0 Å². The maximum atomic E-state index is 10.2. The van der Waals surface area contributed by atoms with E-state index in [4.69, 9.17) is 41.1 Å². The molecule has 0 amide bonds. The third-order valence-corrected chi connectivity index (χ3v) is 2.86. The number of rotatable bonds is 5. The van der Waals surface area contributed by atoms with E-state index in [1.165, 1.54) is 0 Å². The number of aliphatic hydroxyl groups is 3. The summed E-state index contributed by atoms with van der Waals surface area (Å²) in [7, 11) is -5.24. The van der Waals surface area contributed by atoms with Crippen LogP contribution in [0.3, 0.4) is 0 Å². The molecule has 0 aliphatic heterocycles. The normalized spacial score (nSPS) is 15.9. The molecule has 18 heavy (non-hydrogen) atoms. The Morgan fingerprint density at radius 1 is 1.22 bits per heavy atom. The molecule has 12 heteroatoms. The van der Waals surface area contributed by atoms with Gasteiger partial charge in [0.05, 0.1) is 13.2 Å². The zero-order chi connectivity index (χ0) is 15.1. The van der Waals surface area contributed by atoms with Crippen LogP contribution in [0, 0.1) is 0 Å². The predicted octanol–water partition coefficient (Wildman–Crippen LogP) is -3.68. The largest absolute Gasteiger partial charge is 0.480 e. The fraction of sp³-hybridized carbons (Fsp3) is 0.667. The van der Waals surface area contributed by atoms with E-state index < -0.39 is 44.1 Å². The molecule has 11 nitrogen and oxygen atoms in total. The molecule has 0 aliphatic carbocycles. The van der Waals surface area contributed by atoms with E-state index >= 15 is 0 Å². The van der Waals surface area contributed by atoms with Crippen molar-refractivity contribution >= 4 is 19.5 Å². The highest BCUT2D eigenvalue weighted by Gasteiger charge is 2.52. The zero-order valence-electron chi connectivity index (χ0n) is 8.87. The predicted molar refractivity (Wildman–Crippen MR) is 54.4 cm³/mol. The van der Waals surface area contributed by atoms with Crippen LogP contribution in [0.15, 0.2) is 0 Å². The van der Waals surface area contributed by atoms with Crippen LogP contribution in [0.1, 0.15) is 0 Å². The molecule has 108 valence electrons. The van der Waals surface area contributed by atoms with E-state index in [2.05, 4.69) is 0 Å². The Hall–Kier alpha value is -1.07. The van der Waals surface area contributed by atoms with Crippen LogP contribution in [-0.4, -0.2) is 71.9 Å². The fourth-order valence-electron chi connectivity index (χ4n) is 0.362. The smallest absolute Gasteiger partial charge is 0.370 e. The molecule has 2 atom stereocenters. The summed E-state index contributed by atoms with van der Waals surface area (Å²) >= 11 is 0. The highest BCUT2D eigenvalue weighted by Crippen LogP contribution is 2.48. The number of hydrogen-bond acceptors (Lipinski definition) is 7. The summed E-state index contributed by atoms with van der Waals surface area (Å²) < 4.78 is 10.2. The van der Waals surface area contributed by atoms with Gasteiger partial charge in [0, 0.05) is 0 Å². The van der Waals surface area contributed by atoms with Gasteiger partial charge < -0.3 is 41.1 Å². The van der Waals surface area contributed by atoms with Crippen molar-refractivity contribution in [3.8, 4) is 0 Å². The van der Waals surface area contributed by atoms with E-state index in [-0.39, 0.29) is 0 Å². The second-order valence-corrected chi connectivity index (χ2v) is 4.78. The van der Waals surface area contributed by atoms with Crippen molar-refractivity contribution in [1.82, 2.24) is 0 Å². The van der Waals surface area contributed by atoms with Crippen molar-refractivity contribution in [2.75, 3.05) is 13.2 Å². The van der Waals surface area contributed by atoms with Crippen LogP contribution < -0.4 is 5.73 Å². The maximum Gasteiger partial charge on any atom is 0.370 e. The van der Waals surface area contributed by atoms with Gasteiger partial charge in [0.25, 0.3) is 5.34 Å². The lowest BCUT2D eigenvalue weighted by atomic mass is 10.3. The minimum atomic E-state index is -5.24. The van der Waals surface area contributed by atoms with Gasteiger partial charge in [-0.25, -0.2) is 4.79 Å². The lowest BCUT2D eigenvalue weighted by Crippen LogP contribution is -2.41. The van der Waals surface area contributed by atoms with Crippen LogP contribution in [0.5, 0.6) is 0 Å². The second-order valence-electron chi connectivity index (χ2n) is 2.95. The maximum absolute atomic E-state index is 10.2. The fourth-order valence-corrected chi connectivity index (χ4v) is 0.796. The second kappa shape index (κ2) is 7.38. The summed E-state index contributed by atoms with van der Waals surface area (Å²) in [5.41, 5.74) is 4.77. The van der Waals surface area contributed by atoms with Crippen molar-refractivity contribution in [2.45, 2.75) is 11.4 Å². The molecular formula is C6H14NO10P. The van der Waals surface area contributed by atoms with E-state index in [0.29, 0.717) is 0 Å². The van der Waals surface area contributed by atoms with Gasteiger partial charge in [-0.2, -0.15) is 0 Å². The molecule has 0 aromatic rings. The Morgan fingerprint density at radius 3 is 1.61 bits per heavy atom. The first-order valence-electron chi connectivity index (χ1n) is 4.15. The van der Waals surface area contributed by atoms with Gasteiger partial charge >= 0.3 is 19.5 Å². The van der Waals surface area contributed by atoms with Gasteiger partial charge in [-0.3, -0.25) is 9.36 Å². The van der Waals surface area contributed by atoms with Gasteiger partial charge in [-0.05, 0) is 0 Å². The summed E-state index contributed by atoms with van der Waals surface area (Å²) in [6, 6.07) is -1.13. The quantitative estimate of drug-likeness (QED) is 0.230. The SMILES string of the molecule is NC(CO)C(=O)O.O=C(O)C(O)(CO)P(=O)(O)O. The summed E-state index contributed by atoms with van der Waals surface area (Å²) in [4.78, 5) is 36.1. The van der Waals surface area contributed by atoms with Crippen LogP contribution in [0.4, 0.5) is 0 Å². The molecule has 2 unspecified atom stereocenters. The summed E-state index contributed by atoms with van der Waals surface area (Å²) in [6.07, 6.45) is 0.